The minimum Gasteiger partial charge on any atom is -0.480 e. The largest absolute Gasteiger partial charge is 0.480 e. The predicted molar refractivity (Wildman–Crippen MR) is 79.4 cm³/mol. The summed E-state index contributed by atoms with van der Waals surface area (Å²) in [6.07, 6.45) is 7.43. The second-order valence-electron chi connectivity index (χ2n) is 5.44. The van der Waals surface area contributed by atoms with Gasteiger partial charge in [0.05, 0.1) is 7.11 Å². The Kier molecular flexibility index (Phi) is 5.24. The van der Waals surface area contributed by atoms with Gasteiger partial charge in [0.2, 0.25) is 5.88 Å². The minimum absolute atomic E-state index is 0.0465. The number of aromatic nitrogens is 1. The lowest BCUT2D eigenvalue weighted by atomic mass is 9.75. The molecule has 1 aromatic rings. The molecule has 110 valence electrons. The second-order valence-corrected chi connectivity index (χ2v) is 5.70. The van der Waals surface area contributed by atoms with Crippen molar-refractivity contribution in [2.45, 2.75) is 32.1 Å². The number of nitrogens with zero attached hydrogens (tertiary/aromatic N) is 1. The zero-order chi connectivity index (χ0) is 14.4. The van der Waals surface area contributed by atoms with Crippen LogP contribution in [0.15, 0.2) is 18.3 Å². The molecule has 0 saturated heterocycles. The summed E-state index contributed by atoms with van der Waals surface area (Å²) in [5.41, 5.74) is 0.515. The van der Waals surface area contributed by atoms with Crippen LogP contribution in [0.2, 0.25) is 0 Å². The smallest absolute Gasteiger partial charge is 0.256 e. The molecule has 1 aliphatic rings. The van der Waals surface area contributed by atoms with Crippen molar-refractivity contribution in [3.05, 3.63) is 23.9 Å². The number of pyridine rings is 1. The van der Waals surface area contributed by atoms with Crippen LogP contribution in [0, 0.1) is 5.41 Å². The van der Waals surface area contributed by atoms with E-state index in [1.54, 1.807) is 18.3 Å². The molecule has 20 heavy (non-hydrogen) atoms. The average molecular weight is 297 g/mol. The van der Waals surface area contributed by atoms with Gasteiger partial charge in [-0.25, -0.2) is 4.98 Å². The number of ether oxygens (including phenoxy) is 1. The topological polar surface area (TPSA) is 51.2 Å². The Morgan fingerprint density at radius 3 is 2.85 bits per heavy atom. The molecule has 1 saturated carbocycles. The van der Waals surface area contributed by atoms with Crippen LogP contribution in [0.3, 0.4) is 0 Å². The third kappa shape index (κ3) is 3.42. The monoisotopic (exact) mass is 296 g/mol. The van der Waals surface area contributed by atoms with Crippen LogP contribution >= 0.6 is 11.6 Å². The summed E-state index contributed by atoms with van der Waals surface area (Å²) in [6, 6.07) is 3.45. The number of hydrogen-bond acceptors (Lipinski definition) is 3. The van der Waals surface area contributed by atoms with Gasteiger partial charge in [-0.3, -0.25) is 4.79 Å². The summed E-state index contributed by atoms with van der Waals surface area (Å²) in [5.74, 6) is 0.802. The van der Waals surface area contributed by atoms with Crippen molar-refractivity contribution in [2.24, 2.45) is 5.41 Å². The van der Waals surface area contributed by atoms with Crippen molar-refractivity contribution in [1.29, 1.82) is 0 Å². The van der Waals surface area contributed by atoms with Crippen LogP contribution in [0.1, 0.15) is 42.5 Å². The van der Waals surface area contributed by atoms with Gasteiger partial charge in [-0.05, 0) is 25.0 Å². The van der Waals surface area contributed by atoms with E-state index in [9.17, 15) is 4.79 Å². The number of methoxy groups -OCH3 is 1. The Balaban J connectivity index is 2.00. The van der Waals surface area contributed by atoms with Crippen molar-refractivity contribution < 1.29 is 9.53 Å². The summed E-state index contributed by atoms with van der Waals surface area (Å²) in [6.45, 7) is 0.618. The molecule has 0 bridgehead atoms. The normalized spacial score (nSPS) is 17.5. The van der Waals surface area contributed by atoms with Gasteiger partial charge in [0.15, 0.2) is 0 Å². The molecule has 0 radical (unpaired) electrons. The fourth-order valence-electron chi connectivity index (χ4n) is 2.75. The minimum atomic E-state index is -0.148. The fraction of sp³-hybridized carbons (Fsp3) is 0.600. The Morgan fingerprint density at radius 1 is 1.45 bits per heavy atom. The first-order valence-electron chi connectivity index (χ1n) is 7.04. The van der Waals surface area contributed by atoms with Crippen molar-refractivity contribution in [2.75, 3.05) is 19.5 Å². The number of hydrogen-bond donors (Lipinski definition) is 1. The molecule has 0 aromatic carbocycles. The number of carbonyl (C=O) groups excluding carboxylic acids is 1. The van der Waals surface area contributed by atoms with Gasteiger partial charge in [-0.2, -0.15) is 0 Å². The predicted octanol–water partition coefficient (Wildman–Crippen LogP) is 3.01. The number of halogens is 1. The van der Waals surface area contributed by atoms with Crippen molar-refractivity contribution >= 4 is 17.5 Å². The van der Waals surface area contributed by atoms with Crippen LogP contribution in [0.5, 0.6) is 5.88 Å². The maximum atomic E-state index is 12.3. The van der Waals surface area contributed by atoms with E-state index < -0.39 is 0 Å². The molecule has 1 heterocycles. The summed E-state index contributed by atoms with van der Waals surface area (Å²) in [5, 5.41) is 2.99. The van der Waals surface area contributed by atoms with E-state index in [1.807, 2.05) is 0 Å². The molecule has 0 aliphatic heterocycles. The van der Waals surface area contributed by atoms with Gasteiger partial charge in [0.25, 0.3) is 5.91 Å². The maximum Gasteiger partial charge on any atom is 0.256 e. The van der Waals surface area contributed by atoms with Gasteiger partial charge < -0.3 is 10.1 Å². The molecule has 1 aliphatic carbocycles. The van der Waals surface area contributed by atoms with E-state index in [0.717, 1.165) is 12.8 Å². The van der Waals surface area contributed by atoms with Crippen LogP contribution in [-0.4, -0.2) is 30.4 Å². The zero-order valence-corrected chi connectivity index (χ0v) is 12.6. The van der Waals surface area contributed by atoms with E-state index >= 15 is 0 Å². The van der Waals surface area contributed by atoms with Crippen LogP contribution in [0.4, 0.5) is 0 Å². The first-order chi connectivity index (χ1) is 9.71. The fourth-order valence-corrected chi connectivity index (χ4v) is 3.11. The summed E-state index contributed by atoms with van der Waals surface area (Å²) >= 11 is 6.14. The molecule has 1 fully saturated rings. The molecule has 5 heteroatoms. The highest BCUT2D eigenvalue weighted by atomic mass is 35.5. The molecule has 1 aromatic heterocycles. The Hall–Kier alpha value is -1.29. The SMILES string of the molecule is COc1ncccc1C(=O)NCC1(CCl)CCCCC1. The molecule has 2 rings (SSSR count). The molecular weight excluding hydrogens is 276 g/mol. The Morgan fingerprint density at radius 2 is 2.20 bits per heavy atom. The van der Waals surface area contributed by atoms with Crippen LogP contribution in [-0.2, 0) is 0 Å². The third-order valence-electron chi connectivity index (χ3n) is 4.03. The van der Waals surface area contributed by atoms with E-state index in [-0.39, 0.29) is 11.3 Å². The van der Waals surface area contributed by atoms with Crippen LogP contribution in [0.25, 0.3) is 0 Å². The summed E-state index contributed by atoms with van der Waals surface area (Å²) in [4.78, 5) is 16.3. The molecule has 0 spiro atoms. The van der Waals surface area contributed by atoms with E-state index in [1.165, 1.54) is 26.4 Å². The Bertz CT molecular complexity index is 459. The first-order valence-corrected chi connectivity index (χ1v) is 7.57. The molecule has 1 N–H and O–H groups in total. The molecular formula is C15H21ClN2O2. The standard InChI is InChI=1S/C15H21ClN2O2/c1-20-14-12(6-5-9-17-14)13(19)18-11-15(10-16)7-3-2-4-8-15/h5-6,9H,2-4,7-8,10-11H2,1H3,(H,18,19). The lowest BCUT2D eigenvalue weighted by Crippen LogP contribution is -2.40. The highest BCUT2D eigenvalue weighted by Crippen LogP contribution is 2.36. The van der Waals surface area contributed by atoms with Crippen LogP contribution < -0.4 is 10.1 Å². The van der Waals surface area contributed by atoms with Crippen molar-refractivity contribution in [1.82, 2.24) is 10.3 Å². The third-order valence-corrected chi connectivity index (χ3v) is 4.60. The Labute approximate surface area is 124 Å². The summed E-state index contributed by atoms with van der Waals surface area (Å²) in [7, 11) is 1.51. The van der Waals surface area contributed by atoms with Crippen molar-refractivity contribution in [3.63, 3.8) is 0 Å². The van der Waals surface area contributed by atoms with Gasteiger partial charge in [-0.15, -0.1) is 11.6 Å². The average Bonchev–Trinajstić information content (AvgIpc) is 2.53. The number of nitrogens with one attached hydrogen (secondary N) is 1. The highest BCUT2D eigenvalue weighted by molar-refractivity contribution is 6.18. The van der Waals surface area contributed by atoms with Gasteiger partial charge >= 0.3 is 0 Å². The highest BCUT2D eigenvalue weighted by Gasteiger charge is 2.31. The molecule has 1 amide bonds. The first kappa shape index (κ1) is 15.1. The van der Waals surface area contributed by atoms with Gasteiger partial charge in [-0.1, -0.05) is 19.3 Å². The number of amides is 1. The lowest BCUT2D eigenvalue weighted by Gasteiger charge is -2.35. The zero-order valence-electron chi connectivity index (χ0n) is 11.8. The van der Waals surface area contributed by atoms with E-state index in [0.29, 0.717) is 23.9 Å². The molecule has 4 nitrogen and oxygen atoms in total. The second kappa shape index (κ2) is 6.93. The van der Waals surface area contributed by atoms with E-state index in [2.05, 4.69) is 10.3 Å². The quantitative estimate of drug-likeness (QED) is 0.850. The molecule has 0 atom stereocenters. The number of rotatable bonds is 5. The maximum absolute atomic E-state index is 12.3. The number of carbonyl (C=O) groups is 1. The van der Waals surface area contributed by atoms with Gasteiger partial charge in [0.1, 0.15) is 5.56 Å². The van der Waals surface area contributed by atoms with Gasteiger partial charge in [0, 0.05) is 24.0 Å². The van der Waals surface area contributed by atoms with Crippen molar-refractivity contribution in [3.8, 4) is 5.88 Å². The van der Waals surface area contributed by atoms with E-state index in [4.69, 9.17) is 16.3 Å². The lowest BCUT2D eigenvalue weighted by molar-refractivity contribution is 0.0917. The summed E-state index contributed by atoms with van der Waals surface area (Å²) < 4.78 is 5.11. The number of alkyl halides is 1. The molecule has 0 unspecified atom stereocenters.